The zero-order valence-corrected chi connectivity index (χ0v) is 15.1. The van der Waals surface area contributed by atoms with Crippen molar-refractivity contribution in [1.29, 1.82) is 5.26 Å². The Kier molecular flexibility index (Phi) is 6.23. The number of methoxy groups -OCH3 is 3. The molecule has 0 aliphatic carbocycles. The van der Waals surface area contributed by atoms with Crippen LogP contribution in [0.1, 0.15) is 18.1 Å². The van der Waals surface area contributed by atoms with Crippen LogP contribution in [0.4, 0.5) is 5.69 Å². The summed E-state index contributed by atoms with van der Waals surface area (Å²) >= 11 is 0. The van der Waals surface area contributed by atoms with Gasteiger partial charge in [-0.25, -0.2) is 0 Å². The van der Waals surface area contributed by atoms with Crippen LogP contribution in [0.2, 0.25) is 0 Å². The molecule has 0 radical (unpaired) electrons. The van der Waals surface area contributed by atoms with Gasteiger partial charge in [0.15, 0.2) is 11.5 Å². The molecule has 0 heterocycles. The lowest BCUT2D eigenvalue weighted by atomic mass is 9.96. The zero-order valence-electron chi connectivity index (χ0n) is 15.1. The first-order valence-electron chi connectivity index (χ1n) is 7.82. The third kappa shape index (κ3) is 4.14. The number of carbonyl (C=O) groups excluding carboxylic acids is 1. The molecule has 0 aliphatic heterocycles. The maximum atomic E-state index is 11.4. The average molecular weight is 352 g/mol. The molecule has 1 N–H and O–H groups in total. The van der Waals surface area contributed by atoms with Gasteiger partial charge in [0.1, 0.15) is 5.75 Å². The summed E-state index contributed by atoms with van der Waals surface area (Å²) < 4.78 is 15.9. The Hall–Kier alpha value is -3.46. The number of nitrogens with one attached hydrogen (secondary N) is 1. The first kappa shape index (κ1) is 18.9. The van der Waals surface area contributed by atoms with Gasteiger partial charge in [-0.1, -0.05) is 12.1 Å². The van der Waals surface area contributed by atoms with Crippen LogP contribution in [0.5, 0.6) is 17.2 Å². The molecule has 6 heteroatoms. The van der Waals surface area contributed by atoms with Crippen molar-refractivity contribution in [3.8, 4) is 23.3 Å². The van der Waals surface area contributed by atoms with E-state index in [0.717, 1.165) is 11.1 Å². The Morgan fingerprint density at radius 1 is 0.962 bits per heavy atom. The lowest BCUT2D eigenvalue weighted by Gasteiger charge is -2.14. The Morgan fingerprint density at radius 3 is 2.08 bits per heavy atom. The number of benzene rings is 2. The quantitative estimate of drug-likeness (QED) is 0.803. The molecule has 0 saturated heterocycles. The highest BCUT2D eigenvalue weighted by molar-refractivity contribution is 5.92. The number of anilines is 1. The van der Waals surface area contributed by atoms with Crippen LogP contribution in [0.25, 0.3) is 5.57 Å². The summed E-state index contributed by atoms with van der Waals surface area (Å²) in [7, 11) is 4.64. The molecule has 2 rings (SSSR count). The van der Waals surface area contributed by atoms with E-state index in [2.05, 4.69) is 11.4 Å². The molecule has 6 nitrogen and oxygen atoms in total. The average Bonchev–Trinajstić information content (AvgIpc) is 2.65. The highest BCUT2D eigenvalue weighted by Gasteiger charge is 2.13. The molecule has 0 atom stereocenters. The first-order chi connectivity index (χ1) is 12.5. The topological polar surface area (TPSA) is 80.6 Å². The van der Waals surface area contributed by atoms with Crippen molar-refractivity contribution in [3.63, 3.8) is 0 Å². The number of ether oxygens (including phenoxy) is 3. The zero-order chi connectivity index (χ0) is 19.1. The van der Waals surface area contributed by atoms with Gasteiger partial charge < -0.3 is 19.5 Å². The fraction of sp³-hybridized carbons (Fsp3) is 0.200. The summed E-state index contributed by atoms with van der Waals surface area (Å²) in [5.41, 5.74) is 2.75. The van der Waals surface area contributed by atoms with E-state index in [4.69, 9.17) is 14.2 Å². The van der Waals surface area contributed by atoms with Gasteiger partial charge in [-0.3, -0.25) is 4.79 Å². The van der Waals surface area contributed by atoms with Gasteiger partial charge in [0.25, 0.3) is 0 Å². The van der Waals surface area contributed by atoms with Gasteiger partial charge in [0.05, 0.1) is 33.1 Å². The Balaban J connectivity index is 2.57. The molecule has 0 spiro atoms. The molecule has 2 aromatic carbocycles. The second-order valence-electron chi connectivity index (χ2n) is 5.35. The predicted octanol–water partition coefficient (Wildman–Crippen LogP) is 3.63. The summed E-state index contributed by atoms with van der Waals surface area (Å²) in [6, 6.07) is 12.8. The van der Waals surface area contributed by atoms with Gasteiger partial charge in [-0.15, -0.1) is 0 Å². The number of nitrogens with zero attached hydrogens (tertiary/aromatic N) is 1. The number of hydrogen-bond acceptors (Lipinski definition) is 5. The van der Waals surface area contributed by atoms with Crippen molar-refractivity contribution in [2.45, 2.75) is 6.92 Å². The Bertz CT molecular complexity index is 882. The molecule has 0 saturated carbocycles. The van der Waals surface area contributed by atoms with Gasteiger partial charge in [0.2, 0.25) is 5.91 Å². The fourth-order valence-electron chi connectivity index (χ4n) is 2.56. The van der Waals surface area contributed by atoms with E-state index in [-0.39, 0.29) is 5.91 Å². The van der Waals surface area contributed by atoms with E-state index in [0.29, 0.717) is 28.5 Å². The van der Waals surface area contributed by atoms with E-state index >= 15 is 0 Å². The second-order valence-corrected chi connectivity index (χ2v) is 5.35. The lowest BCUT2D eigenvalue weighted by Crippen LogP contribution is -2.07. The van der Waals surface area contributed by atoms with E-state index in [1.54, 1.807) is 38.5 Å². The van der Waals surface area contributed by atoms with Gasteiger partial charge in [-0.2, -0.15) is 5.26 Å². The molecule has 26 heavy (non-hydrogen) atoms. The second kappa shape index (κ2) is 8.58. The maximum absolute atomic E-state index is 11.4. The summed E-state index contributed by atoms with van der Waals surface area (Å²) in [4.78, 5) is 11.4. The van der Waals surface area contributed by atoms with Crippen molar-refractivity contribution in [2.24, 2.45) is 0 Å². The standard InChI is InChI=1S/C20H20N2O4/c1-13(23)22-17-11-14(5-7-18(17)24-2)16(9-10-21)15-6-8-19(25-3)20(12-15)26-4/h5-9,11-12H,1-4H3,(H,22,23)/b16-9+. The number of rotatable bonds is 6. The molecule has 0 bridgehead atoms. The van der Waals surface area contributed by atoms with Crippen LogP contribution in [0, 0.1) is 11.3 Å². The van der Waals surface area contributed by atoms with E-state index in [1.165, 1.54) is 20.1 Å². The molecule has 0 aliphatic rings. The Labute approximate surface area is 152 Å². The van der Waals surface area contributed by atoms with Crippen LogP contribution in [-0.4, -0.2) is 27.2 Å². The minimum atomic E-state index is -0.211. The predicted molar refractivity (Wildman–Crippen MR) is 99.5 cm³/mol. The van der Waals surface area contributed by atoms with Crippen molar-refractivity contribution in [3.05, 3.63) is 53.6 Å². The smallest absolute Gasteiger partial charge is 0.221 e. The van der Waals surface area contributed by atoms with Crippen LogP contribution in [0.15, 0.2) is 42.5 Å². The largest absolute Gasteiger partial charge is 0.495 e. The van der Waals surface area contributed by atoms with E-state index in [1.807, 2.05) is 12.1 Å². The van der Waals surface area contributed by atoms with Crippen LogP contribution in [0.3, 0.4) is 0 Å². The molecule has 0 aromatic heterocycles. The lowest BCUT2D eigenvalue weighted by molar-refractivity contribution is -0.114. The van der Waals surface area contributed by atoms with Crippen molar-refractivity contribution in [1.82, 2.24) is 0 Å². The van der Waals surface area contributed by atoms with Crippen molar-refractivity contribution < 1.29 is 19.0 Å². The van der Waals surface area contributed by atoms with Crippen LogP contribution < -0.4 is 19.5 Å². The fourth-order valence-corrected chi connectivity index (χ4v) is 2.56. The van der Waals surface area contributed by atoms with Gasteiger partial charge in [0, 0.05) is 13.0 Å². The number of amides is 1. The van der Waals surface area contributed by atoms with Gasteiger partial charge in [-0.05, 0) is 41.0 Å². The number of carbonyl (C=O) groups is 1. The summed E-state index contributed by atoms with van der Waals surface area (Å²) in [5, 5.41) is 12.0. The summed E-state index contributed by atoms with van der Waals surface area (Å²) in [6.07, 6.45) is 1.45. The highest BCUT2D eigenvalue weighted by Crippen LogP contribution is 2.35. The molecular weight excluding hydrogens is 332 g/mol. The molecule has 2 aromatic rings. The van der Waals surface area contributed by atoms with Crippen molar-refractivity contribution in [2.75, 3.05) is 26.6 Å². The molecule has 1 amide bonds. The third-order valence-corrected chi connectivity index (χ3v) is 3.72. The molecular formula is C20H20N2O4. The molecule has 134 valence electrons. The first-order valence-corrected chi connectivity index (χ1v) is 7.82. The molecule has 0 fully saturated rings. The summed E-state index contributed by atoms with van der Waals surface area (Å²) in [5.74, 6) is 1.48. The van der Waals surface area contributed by atoms with E-state index < -0.39 is 0 Å². The van der Waals surface area contributed by atoms with Crippen LogP contribution >= 0.6 is 0 Å². The number of hydrogen-bond donors (Lipinski definition) is 1. The van der Waals surface area contributed by atoms with Gasteiger partial charge >= 0.3 is 0 Å². The van der Waals surface area contributed by atoms with Crippen LogP contribution in [-0.2, 0) is 4.79 Å². The minimum absolute atomic E-state index is 0.211. The monoisotopic (exact) mass is 352 g/mol. The normalized spacial score (nSPS) is 10.7. The Morgan fingerprint density at radius 2 is 1.54 bits per heavy atom. The summed E-state index contributed by atoms with van der Waals surface area (Å²) in [6.45, 7) is 1.42. The molecule has 0 unspecified atom stereocenters. The number of nitriles is 1. The minimum Gasteiger partial charge on any atom is -0.495 e. The highest BCUT2D eigenvalue weighted by atomic mass is 16.5. The van der Waals surface area contributed by atoms with Crippen molar-refractivity contribution >= 4 is 17.2 Å². The maximum Gasteiger partial charge on any atom is 0.221 e. The van der Waals surface area contributed by atoms with E-state index in [9.17, 15) is 10.1 Å². The SMILES string of the molecule is COc1ccc(/C(=C\C#N)c2ccc(OC)c(OC)c2)cc1NC(C)=O. The number of allylic oxidation sites excluding steroid dienone is 1. The third-order valence-electron chi connectivity index (χ3n) is 3.72.